The van der Waals surface area contributed by atoms with Crippen molar-refractivity contribution in [3.8, 4) is 11.5 Å². The molecule has 1 heterocycles. The topological polar surface area (TPSA) is 212 Å². The molecule has 1 aromatic heterocycles. The molecule has 0 fully saturated rings. The first-order valence-electron chi connectivity index (χ1n) is 8.21. The highest BCUT2D eigenvalue weighted by Gasteiger charge is 2.16. The van der Waals surface area contributed by atoms with Crippen LogP contribution >= 0.6 is 11.8 Å². The number of amidine groups is 1. The minimum absolute atomic E-state index is 0.0540. The molecule has 0 atom stereocenters. The number of carbonyl (C=O) groups excluding carboxylic acids is 2. The second kappa shape index (κ2) is 9.97. The molecule has 9 N–H and O–H groups in total. The van der Waals surface area contributed by atoms with Crippen molar-refractivity contribution < 1.29 is 19.4 Å². The van der Waals surface area contributed by atoms with Crippen LogP contribution in [0.25, 0.3) is 0 Å². The van der Waals surface area contributed by atoms with Crippen LogP contribution in [-0.4, -0.2) is 45.6 Å². The molecule has 0 spiro atoms. The molecule has 0 bridgehead atoms. The fraction of sp³-hybridized carbons (Fsp3) is 0.118. The Hall–Kier alpha value is -4.00. The molecule has 158 valence electrons. The normalized spacial score (nSPS) is 11.4. The number of thioether (sulfide) groups is 1. The van der Waals surface area contributed by atoms with E-state index in [1.807, 2.05) is 0 Å². The Bertz CT molecular complexity index is 1080. The molecule has 0 aliphatic rings. The summed E-state index contributed by atoms with van der Waals surface area (Å²) >= 11 is 0.876. The molecular weight excluding hydrogens is 414 g/mol. The van der Waals surface area contributed by atoms with E-state index in [0.717, 1.165) is 18.0 Å². The van der Waals surface area contributed by atoms with E-state index in [4.69, 9.17) is 21.9 Å². The van der Waals surface area contributed by atoms with Crippen LogP contribution in [-0.2, 0) is 4.79 Å². The Morgan fingerprint density at radius 3 is 2.80 bits per heavy atom. The van der Waals surface area contributed by atoms with Crippen molar-refractivity contribution in [3.05, 3.63) is 46.4 Å². The maximum Gasteiger partial charge on any atom is 0.277 e. The summed E-state index contributed by atoms with van der Waals surface area (Å²) in [6, 6.07) is 3.91. The number of methoxy groups -OCH3 is 1. The van der Waals surface area contributed by atoms with Gasteiger partial charge in [-0.25, -0.2) is 4.98 Å². The zero-order chi connectivity index (χ0) is 22.3. The van der Waals surface area contributed by atoms with Gasteiger partial charge in [0.05, 0.1) is 12.9 Å². The summed E-state index contributed by atoms with van der Waals surface area (Å²) in [5.74, 6) is -1.77. The highest BCUT2D eigenvalue weighted by molar-refractivity contribution is 7.99. The number of hydrogen-bond acceptors (Lipinski definition) is 9. The number of H-pyrrole nitrogens is 1. The number of amides is 2. The first-order valence-corrected chi connectivity index (χ1v) is 9.20. The number of aromatic nitrogens is 2. The van der Waals surface area contributed by atoms with Gasteiger partial charge >= 0.3 is 0 Å². The van der Waals surface area contributed by atoms with Crippen molar-refractivity contribution in [2.24, 2.45) is 16.5 Å². The lowest BCUT2D eigenvalue weighted by molar-refractivity contribution is -0.115. The van der Waals surface area contributed by atoms with Crippen LogP contribution in [0.1, 0.15) is 10.4 Å². The maximum atomic E-state index is 12.4. The van der Waals surface area contributed by atoms with Gasteiger partial charge in [-0.1, -0.05) is 11.8 Å². The van der Waals surface area contributed by atoms with Crippen molar-refractivity contribution in [1.82, 2.24) is 9.97 Å². The minimum Gasteiger partial charge on any atom is -0.504 e. The number of aromatic hydroxyl groups is 1. The van der Waals surface area contributed by atoms with Crippen LogP contribution in [0, 0.1) is 0 Å². The second-order valence-corrected chi connectivity index (χ2v) is 6.51. The second-order valence-electron chi connectivity index (χ2n) is 5.55. The number of benzene rings is 1. The summed E-state index contributed by atoms with van der Waals surface area (Å²) in [6.07, 6.45) is 2.39. The van der Waals surface area contributed by atoms with Gasteiger partial charge in [0.15, 0.2) is 22.5 Å². The lowest BCUT2D eigenvalue weighted by Gasteiger charge is -2.09. The lowest BCUT2D eigenvalue weighted by Crippen LogP contribution is -2.23. The number of anilines is 2. The zero-order valence-corrected chi connectivity index (χ0v) is 16.5. The van der Waals surface area contributed by atoms with E-state index in [1.54, 1.807) is 0 Å². The first-order chi connectivity index (χ1) is 14.2. The molecule has 1 aromatic carbocycles. The molecular formula is C17H19N7O5S. The van der Waals surface area contributed by atoms with Gasteiger partial charge in [0.1, 0.15) is 11.5 Å². The number of aliphatic imine (C=N–C) groups is 1. The summed E-state index contributed by atoms with van der Waals surface area (Å²) in [4.78, 5) is 46.3. The van der Waals surface area contributed by atoms with E-state index in [-0.39, 0.29) is 45.3 Å². The highest BCUT2D eigenvalue weighted by Crippen LogP contribution is 2.26. The molecule has 0 aliphatic heterocycles. The third-order valence-corrected chi connectivity index (χ3v) is 4.32. The average molecular weight is 433 g/mol. The molecule has 12 nitrogen and oxygen atoms in total. The standard InChI is InChI=1S/C17H19N7O5S/c1-29-10-6-8(2-3-9(10)25)15(27)22-13-14(20)23-17(24-16(13)28)30-7-12(26)21-11(19)4-5-18/h2-6,25H,7,18H2,1H3,(H,22,27)(H2,19,21,26)(H3,20,23,24,28)/b5-4-. The third-order valence-electron chi connectivity index (χ3n) is 3.46. The number of phenols is 1. The van der Waals surface area contributed by atoms with Crippen molar-refractivity contribution in [1.29, 1.82) is 0 Å². The predicted octanol–water partition coefficient (Wildman–Crippen LogP) is -0.233. The molecule has 0 radical (unpaired) electrons. The molecule has 0 saturated carbocycles. The Morgan fingerprint density at radius 1 is 1.43 bits per heavy atom. The van der Waals surface area contributed by atoms with Crippen LogP contribution in [0.5, 0.6) is 11.5 Å². The summed E-state index contributed by atoms with van der Waals surface area (Å²) in [7, 11) is 1.33. The Labute approximate surface area is 174 Å². The number of hydrogen-bond donors (Lipinski definition) is 6. The van der Waals surface area contributed by atoms with Crippen LogP contribution in [0.2, 0.25) is 0 Å². The summed E-state index contributed by atoms with van der Waals surface area (Å²) < 4.78 is 4.94. The van der Waals surface area contributed by atoms with Crippen LogP contribution in [0.15, 0.2) is 45.4 Å². The molecule has 30 heavy (non-hydrogen) atoms. The number of ether oxygens (including phenoxy) is 1. The molecule has 2 aromatic rings. The van der Waals surface area contributed by atoms with Gasteiger partial charge < -0.3 is 32.4 Å². The molecule has 2 rings (SSSR count). The van der Waals surface area contributed by atoms with Crippen molar-refractivity contribution >= 4 is 40.9 Å². The van der Waals surface area contributed by atoms with Crippen LogP contribution in [0.4, 0.5) is 11.5 Å². The zero-order valence-electron chi connectivity index (χ0n) is 15.7. The van der Waals surface area contributed by atoms with Crippen molar-refractivity contribution in [2.75, 3.05) is 23.9 Å². The smallest absolute Gasteiger partial charge is 0.277 e. The fourth-order valence-corrected chi connectivity index (χ4v) is 2.76. The first kappa shape index (κ1) is 22.3. The number of nitrogens with two attached hydrogens (primary N) is 3. The van der Waals surface area contributed by atoms with E-state index in [1.165, 1.54) is 31.4 Å². The number of nitrogens with one attached hydrogen (secondary N) is 2. The monoisotopic (exact) mass is 433 g/mol. The molecule has 0 aliphatic carbocycles. The SMILES string of the molecule is COc1cc(C(=O)Nc2c(N)nc(SCC(=O)N=C(N)/C=C\N)[nH]c2=O)ccc1O. The van der Waals surface area contributed by atoms with Gasteiger partial charge in [-0.3, -0.25) is 19.4 Å². The summed E-state index contributed by atoms with van der Waals surface area (Å²) in [5, 5.41) is 12.0. The van der Waals surface area contributed by atoms with E-state index in [2.05, 4.69) is 20.3 Å². The van der Waals surface area contributed by atoms with Gasteiger partial charge in [0.2, 0.25) is 0 Å². The third kappa shape index (κ3) is 5.75. The van der Waals surface area contributed by atoms with Crippen LogP contribution in [0.3, 0.4) is 0 Å². The van der Waals surface area contributed by atoms with Gasteiger partial charge in [0, 0.05) is 5.56 Å². The largest absolute Gasteiger partial charge is 0.504 e. The number of nitrogens with zero attached hydrogens (tertiary/aromatic N) is 2. The summed E-state index contributed by atoms with van der Waals surface area (Å²) in [6.45, 7) is 0. The van der Waals surface area contributed by atoms with Gasteiger partial charge in [-0.15, -0.1) is 0 Å². The highest BCUT2D eigenvalue weighted by atomic mass is 32.2. The van der Waals surface area contributed by atoms with Gasteiger partial charge in [0.25, 0.3) is 17.4 Å². The number of aromatic amines is 1. The van der Waals surface area contributed by atoms with Crippen molar-refractivity contribution in [2.45, 2.75) is 5.16 Å². The fourth-order valence-electron chi connectivity index (χ4n) is 2.11. The minimum atomic E-state index is -0.717. The van der Waals surface area contributed by atoms with E-state index < -0.39 is 17.4 Å². The lowest BCUT2D eigenvalue weighted by atomic mass is 10.2. The average Bonchev–Trinajstić information content (AvgIpc) is 2.69. The van der Waals surface area contributed by atoms with Crippen LogP contribution < -0.4 is 32.8 Å². The Kier molecular flexibility index (Phi) is 7.41. The van der Waals surface area contributed by atoms with E-state index in [0.29, 0.717) is 0 Å². The van der Waals surface area contributed by atoms with Gasteiger partial charge in [-0.2, -0.15) is 4.99 Å². The van der Waals surface area contributed by atoms with Gasteiger partial charge in [-0.05, 0) is 30.5 Å². The van der Waals surface area contributed by atoms with E-state index >= 15 is 0 Å². The Balaban J connectivity index is 2.13. The Morgan fingerprint density at radius 2 is 2.17 bits per heavy atom. The quantitative estimate of drug-likeness (QED) is 0.146. The number of phenolic OH excluding ortho intramolecular Hbond substituents is 1. The number of carbonyl (C=O) groups is 2. The molecule has 13 heteroatoms. The molecule has 2 amide bonds. The maximum absolute atomic E-state index is 12.4. The predicted molar refractivity (Wildman–Crippen MR) is 113 cm³/mol. The number of rotatable bonds is 7. The molecule has 0 saturated heterocycles. The van der Waals surface area contributed by atoms with E-state index in [9.17, 15) is 19.5 Å². The number of nitrogen functional groups attached to an aromatic ring is 1. The summed E-state index contributed by atoms with van der Waals surface area (Å²) in [5.41, 5.74) is 15.5. The molecule has 0 unspecified atom stereocenters. The van der Waals surface area contributed by atoms with Crippen molar-refractivity contribution in [3.63, 3.8) is 0 Å².